The van der Waals surface area contributed by atoms with Gasteiger partial charge in [-0.05, 0) is 37.0 Å². The number of rotatable bonds is 54. The molecule has 0 saturated carbocycles. The summed E-state index contributed by atoms with van der Waals surface area (Å²) in [6.07, 6.45) is 55.1. The second-order valence-corrected chi connectivity index (χ2v) is 22.2. The van der Waals surface area contributed by atoms with Crippen LogP contribution >= 0.6 is 0 Å². The smallest absolute Gasteiger partial charge is 0.306 e. The van der Waals surface area contributed by atoms with Crippen molar-refractivity contribution < 1.29 is 28.6 Å². The van der Waals surface area contributed by atoms with Gasteiger partial charge in [-0.3, -0.25) is 14.4 Å². The van der Waals surface area contributed by atoms with Gasteiger partial charge in [-0.25, -0.2) is 0 Å². The Balaban J connectivity index is 4.31. The number of carbonyl (C=O) groups is 3. The fraction of sp³-hybridized carbons (Fsp3) is 0.951. The van der Waals surface area contributed by atoms with Crippen molar-refractivity contribution in [1.82, 2.24) is 0 Å². The zero-order valence-electron chi connectivity index (χ0n) is 46.2. The molecule has 67 heavy (non-hydrogen) atoms. The average Bonchev–Trinajstić information content (AvgIpc) is 3.30. The second-order valence-electron chi connectivity index (χ2n) is 22.2. The molecule has 0 aromatic carbocycles. The number of carbonyl (C=O) groups excluding carboxylic acids is 3. The van der Waals surface area contributed by atoms with E-state index in [-0.39, 0.29) is 31.1 Å². The molecule has 0 fully saturated rings. The van der Waals surface area contributed by atoms with Crippen LogP contribution in [0.1, 0.15) is 337 Å². The first-order valence-corrected chi connectivity index (χ1v) is 30.1. The van der Waals surface area contributed by atoms with E-state index in [1.165, 1.54) is 218 Å². The molecule has 0 heterocycles. The van der Waals surface area contributed by atoms with E-state index in [0.717, 1.165) is 75.5 Å². The van der Waals surface area contributed by atoms with Gasteiger partial charge in [0.15, 0.2) is 6.10 Å². The summed E-state index contributed by atoms with van der Waals surface area (Å²) in [4.78, 5) is 38.2. The standard InChI is InChI=1S/C61H118O6/c1-7-57(6)49-43-37-31-25-19-12-8-9-13-22-28-34-40-46-52-61(64)67-58(54-66-60(63)51-45-39-33-27-21-16-15-18-24-30-36-42-48-56(4)5)53-65-59(62)50-44-38-32-26-20-14-10-11-17-23-29-35-41-47-55(2)3/h55-58H,7-54H2,1-6H3/t57?,58-/m0/s1. The Morgan fingerprint density at radius 3 is 0.776 bits per heavy atom. The van der Waals surface area contributed by atoms with E-state index in [4.69, 9.17) is 14.2 Å². The number of unbranched alkanes of at least 4 members (excludes halogenated alkanes) is 36. The molecule has 398 valence electrons. The van der Waals surface area contributed by atoms with Crippen molar-refractivity contribution in [3.63, 3.8) is 0 Å². The number of ether oxygens (including phenoxy) is 3. The molecule has 0 aromatic heterocycles. The SMILES string of the molecule is CCC(C)CCCCCCCCCCCCCCCCC(=O)O[C@@H](COC(=O)CCCCCCCCCCCCCCCC(C)C)COC(=O)CCCCCCCCCCCCCCC(C)C. The highest BCUT2D eigenvalue weighted by Crippen LogP contribution is 2.19. The van der Waals surface area contributed by atoms with Gasteiger partial charge in [0, 0.05) is 19.3 Å². The van der Waals surface area contributed by atoms with Gasteiger partial charge in [-0.15, -0.1) is 0 Å². The number of hydrogen-bond acceptors (Lipinski definition) is 6. The molecule has 0 spiro atoms. The monoisotopic (exact) mass is 947 g/mol. The Labute approximate surface area is 418 Å². The molecule has 0 aliphatic carbocycles. The molecule has 0 bridgehead atoms. The number of hydrogen-bond donors (Lipinski definition) is 0. The molecule has 0 N–H and O–H groups in total. The normalized spacial score (nSPS) is 12.5. The molecule has 6 nitrogen and oxygen atoms in total. The summed E-state index contributed by atoms with van der Waals surface area (Å²) in [5.74, 6) is 1.73. The predicted octanol–water partition coefficient (Wildman–Crippen LogP) is 19.9. The molecule has 6 heteroatoms. The lowest BCUT2D eigenvalue weighted by Gasteiger charge is -2.18. The third-order valence-corrected chi connectivity index (χ3v) is 14.3. The van der Waals surface area contributed by atoms with Gasteiger partial charge in [-0.2, -0.15) is 0 Å². The third-order valence-electron chi connectivity index (χ3n) is 14.3. The first-order valence-electron chi connectivity index (χ1n) is 30.1. The molecular weight excluding hydrogens is 829 g/mol. The van der Waals surface area contributed by atoms with E-state index >= 15 is 0 Å². The molecule has 0 aliphatic rings. The van der Waals surface area contributed by atoms with Crippen molar-refractivity contribution >= 4 is 17.9 Å². The van der Waals surface area contributed by atoms with Gasteiger partial charge in [0.25, 0.3) is 0 Å². The minimum absolute atomic E-state index is 0.0632. The van der Waals surface area contributed by atoms with Crippen LogP contribution in [0.3, 0.4) is 0 Å². The van der Waals surface area contributed by atoms with Crippen LogP contribution in [-0.4, -0.2) is 37.2 Å². The summed E-state index contributed by atoms with van der Waals surface area (Å²) in [7, 11) is 0. The van der Waals surface area contributed by atoms with Crippen LogP contribution in [0, 0.1) is 17.8 Å². The van der Waals surface area contributed by atoms with E-state index in [1.54, 1.807) is 0 Å². The molecule has 0 rings (SSSR count). The molecule has 2 atom stereocenters. The van der Waals surface area contributed by atoms with Gasteiger partial charge in [-0.1, -0.05) is 298 Å². The number of esters is 3. The maximum atomic E-state index is 12.9. The van der Waals surface area contributed by atoms with Crippen molar-refractivity contribution in [2.24, 2.45) is 17.8 Å². The topological polar surface area (TPSA) is 78.9 Å². The van der Waals surface area contributed by atoms with Crippen LogP contribution in [0.5, 0.6) is 0 Å². The highest BCUT2D eigenvalue weighted by molar-refractivity contribution is 5.71. The van der Waals surface area contributed by atoms with Crippen LogP contribution in [0.2, 0.25) is 0 Å². The Kier molecular flexibility index (Phi) is 51.0. The first-order chi connectivity index (χ1) is 32.6. The average molecular weight is 948 g/mol. The Morgan fingerprint density at radius 1 is 0.299 bits per heavy atom. The fourth-order valence-electron chi connectivity index (χ4n) is 9.32. The summed E-state index contributed by atoms with van der Waals surface area (Å²) < 4.78 is 16.9. The zero-order chi connectivity index (χ0) is 49.1. The van der Waals surface area contributed by atoms with Gasteiger partial charge < -0.3 is 14.2 Å². The molecule has 0 aliphatic heterocycles. The van der Waals surface area contributed by atoms with Gasteiger partial charge in [0.05, 0.1) is 0 Å². The van der Waals surface area contributed by atoms with Crippen molar-refractivity contribution in [1.29, 1.82) is 0 Å². The lowest BCUT2D eigenvalue weighted by Crippen LogP contribution is -2.30. The minimum atomic E-state index is -0.764. The summed E-state index contributed by atoms with van der Waals surface area (Å²) in [5, 5.41) is 0. The molecule has 0 radical (unpaired) electrons. The third kappa shape index (κ3) is 53.6. The van der Waals surface area contributed by atoms with Crippen LogP contribution in [0.15, 0.2) is 0 Å². The first kappa shape index (κ1) is 65.4. The van der Waals surface area contributed by atoms with Crippen LogP contribution in [0.25, 0.3) is 0 Å². The summed E-state index contributed by atoms with van der Waals surface area (Å²) in [6.45, 7) is 13.8. The molecule has 1 unspecified atom stereocenters. The van der Waals surface area contributed by atoms with Crippen LogP contribution in [0.4, 0.5) is 0 Å². The highest BCUT2D eigenvalue weighted by Gasteiger charge is 2.19. The van der Waals surface area contributed by atoms with Crippen molar-refractivity contribution in [3.05, 3.63) is 0 Å². The van der Waals surface area contributed by atoms with E-state index in [2.05, 4.69) is 41.5 Å². The van der Waals surface area contributed by atoms with Crippen LogP contribution < -0.4 is 0 Å². The van der Waals surface area contributed by atoms with Crippen molar-refractivity contribution in [2.75, 3.05) is 13.2 Å². The van der Waals surface area contributed by atoms with Gasteiger partial charge >= 0.3 is 17.9 Å². The van der Waals surface area contributed by atoms with E-state index in [0.29, 0.717) is 19.3 Å². The summed E-state index contributed by atoms with van der Waals surface area (Å²) in [6, 6.07) is 0. The molecule has 0 amide bonds. The van der Waals surface area contributed by atoms with Crippen LogP contribution in [-0.2, 0) is 28.6 Å². The lowest BCUT2D eigenvalue weighted by atomic mass is 9.99. The van der Waals surface area contributed by atoms with E-state index in [9.17, 15) is 14.4 Å². The minimum Gasteiger partial charge on any atom is -0.462 e. The summed E-state index contributed by atoms with van der Waals surface area (Å²) >= 11 is 0. The molecule has 0 saturated heterocycles. The van der Waals surface area contributed by atoms with Gasteiger partial charge in [0.2, 0.25) is 0 Å². The van der Waals surface area contributed by atoms with Crippen molar-refractivity contribution in [2.45, 2.75) is 343 Å². The summed E-state index contributed by atoms with van der Waals surface area (Å²) in [5.41, 5.74) is 0. The fourth-order valence-corrected chi connectivity index (χ4v) is 9.32. The Hall–Kier alpha value is -1.59. The quantitative estimate of drug-likeness (QED) is 0.0343. The zero-order valence-corrected chi connectivity index (χ0v) is 46.2. The maximum absolute atomic E-state index is 12.9. The molecule has 0 aromatic rings. The maximum Gasteiger partial charge on any atom is 0.306 e. The Morgan fingerprint density at radius 2 is 0.522 bits per heavy atom. The Bertz CT molecular complexity index is 1040. The van der Waals surface area contributed by atoms with Crippen molar-refractivity contribution in [3.8, 4) is 0 Å². The lowest BCUT2D eigenvalue weighted by molar-refractivity contribution is -0.167. The predicted molar refractivity (Wildman–Crippen MR) is 289 cm³/mol. The second kappa shape index (κ2) is 52.2. The van der Waals surface area contributed by atoms with E-state index in [1.807, 2.05) is 0 Å². The molecular formula is C61H118O6. The largest absolute Gasteiger partial charge is 0.462 e. The van der Waals surface area contributed by atoms with Gasteiger partial charge in [0.1, 0.15) is 13.2 Å². The highest BCUT2D eigenvalue weighted by atomic mass is 16.6. The van der Waals surface area contributed by atoms with E-state index < -0.39 is 6.10 Å².